The fourth-order valence-electron chi connectivity index (χ4n) is 3.32. The number of aliphatic hydroxyl groups is 1. The van der Waals surface area contributed by atoms with E-state index in [4.69, 9.17) is 31.4 Å². The molecule has 0 aliphatic heterocycles. The van der Waals surface area contributed by atoms with E-state index in [0.29, 0.717) is 25.5 Å². The van der Waals surface area contributed by atoms with Crippen LogP contribution in [0.15, 0.2) is 29.2 Å². The van der Waals surface area contributed by atoms with Gasteiger partial charge in [0.1, 0.15) is 16.5 Å². The largest absolute Gasteiger partial charge is 0.394 e. The Morgan fingerprint density at radius 1 is 1.18 bits per heavy atom. The van der Waals surface area contributed by atoms with Gasteiger partial charge in [-0.1, -0.05) is 11.6 Å². The van der Waals surface area contributed by atoms with Gasteiger partial charge in [0.25, 0.3) is 0 Å². The highest BCUT2D eigenvalue weighted by molar-refractivity contribution is 7.98. The van der Waals surface area contributed by atoms with Gasteiger partial charge in [0.05, 0.1) is 31.0 Å². The van der Waals surface area contributed by atoms with Gasteiger partial charge in [-0.25, -0.2) is 9.97 Å². The van der Waals surface area contributed by atoms with Gasteiger partial charge in [-0.15, -0.1) is 23.1 Å². The number of nitrogens with one attached hydrogen (secondary N) is 1. The summed E-state index contributed by atoms with van der Waals surface area (Å²) in [6.07, 6.45) is 3.46. The minimum atomic E-state index is 0.0435. The van der Waals surface area contributed by atoms with Crippen LogP contribution in [0.3, 0.4) is 0 Å². The fraction of sp³-hybridized carbons (Fsp3) is 0.400. The third-order valence-electron chi connectivity index (χ3n) is 4.57. The summed E-state index contributed by atoms with van der Waals surface area (Å²) in [7, 11) is 0. The zero-order valence-electron chi connectivity index (χ0n) is 15.4. The Labute approximate surface area is 177 Å². The first-order valence-corrected chi connectivity index (χ1v) is 11.5. The number of rotatable bonds is 9. The molecule has 0 fully saturated rings. The van der Waals surface area contributed by atoms with E-state index in [-0.39, 0.29) is 6.61 Å². The van der Waals surface area contributed by atoms with Crippen LogP contribution in [0, 0.1) is 0 Å². The Hall–Kier alpha value is -1.38. The summed E-state index contributed by atoms with van der Waals surface area (Å²) in [4.78, 5) is 13.4. The number of benzene rings is 1. The van der Waals surface area contributed by atoms with Crippen molar-refractivity contribution in [2.45, 2.75) is 29.9 Å². The van der Waals surface area contributed by atoms with E-state index in [1.165, 1.54) is 22.2 Å². The SMILES string of the molecule is OCCOCCNc1nc(CSc2ccc(Cl)cc2)nc2sc3c(c12)CCC3. The minimum absolute atomic E-state index is 0.0435. The number of aliphatic hydroxyl groups excluding tert-OH is 1. The van der Waals surface area contributed by atoms with Gasteiger partial charge in [-0.3, -0.25) is 0 Å². The molecule has 2 heterocycles. The highest BCUT2D eigenvalue weighted by Crippen LogP contribution is 2.40. The lowest BCUT2D eigenvalue weighted by molar-refractivity contribution is 0.0992. The zero-order valence-corrected chi connectivity index (χ0v) is 17.8. The molecule has 1 aliphatic rings. The number of thiophene rings is 1. The fourth-order valence-corrected chi connectivity index (χ4v) is 5.48. The number of hydrogen-bond donors (Lipinski definition) is 2. The van der Waals surface area contributed by atoms with Crippen molar-refractivity contribution >= 4 is 50.7 Å². The van der Waals surface area contributed by atoms with Crippen LogP contribution in [0.2, 0.25) is 5.02 Å². The van der Waals surface area contributed by atoms with E-state index in [0.717, 1.165) is 39.2 Å². The number of fused-ring (bicyclic) bond motifs is 3. The van der Waals surface area contributed by atoms with Crippen molar-refractivity contribution in [1.29, 1.82) is 0 Å². The molecule has 0 bridgehead atoms. The number of halogens is 1. The summed E-state index contributed by atoms with van der Waals surface area (Å²) in [6, 6.07) is 7.83. The number of aryl methyl sites for hydroxylation is 2. The Bertz CT molecular complexity index is 947. The van der Waals surface area contributed by atoms with Crippen molar-refractivity contribution in [2.24, 2.45) is 0 Å². The van der Waals surface area contributed by atoms with E-state index < -0.39 is 0 Å². The quantitative estimate of drug-likeness (QED) is 0.379. The molecule has 148 valence electrons. The minimum Gasteiger partial charge on any atom is -0.394 e. The number of aromatic nitrogens is 2. The molecule has 0 unspecified atom stereocenters. The van der Waals surface area contributed by atoms with Gasteiger partial charge in [-0.05, 0) is 49.1 Å². The molecule has 1 aliphatic carbocycles. The Balaban J connectivity index is 1.54. The van der Waals surface area contributed by atoms with E-state index in [9.17, 15) is 0 Å². The van der Waals surface area contributed by atoms with E-state index in [2.05, 4.69) is 5.32 Å². The van der Waals surface area contributed by atoms with Crippen LogP contribution in [-0.4, -0.2) is 41.4 Å². The summed E-state index contributed by atoms with van der Waals surface area (Å²) >= 11 is 9.48. The molecule has 0 saturated heterocycles. The topological polar surface area (TPSA) is 67.3 Å². The standard InChI is InChI=1S/C20H22ClN3O2S2/c21-13-4-6-14(7-5-13)27-12-17-23-19(22-8-10-26-11-9-25)18-15-2-1-3-16(15)28-20(18)24-17/h4-7,25H,1-3,8-12H2,(H,22,23,24). The van der Waals surface area contributed by atoms with Crippen LogP contribution in [0.25, 0.3) is 10.2 Å². The maximum atomic E-state index is 8.83. The predicted octanol–water partition coefficient (Wildman–Crippen LogP) is 4.55. The van der Waals surface area contributed by atoms with Crippen LogP contribution >= 0.6 is 34.7 Å². The number of nitrogens with zero attached hydrogens (tertiary/aromatic N) is 2. The molecule has 0 spiro atoms. The molecular formula is C20H22ClN3O2S2. The van der Waals surface area contributed by atoms with Crippen molar-refractivity contribution in [3.63, 3.8) is 0 Å². The molecule has 8 heteroatoms. The second-order valence-corrected chi connectivity index (χ2v) is 9.10. The first kappa shape index (κ1) is 19.9. The van der Waals surface area contributed by atoms with Crippen molar-refractivity contribution in [1.82, 2.24) is 9.97 Å². The van der Waals surface area contributed by atoms with Gasteiger partial charge in [0, 0.05) is 21.3 Å². The summed E-state index contributed by atoms with van der Waals surface area (Å²) in [5, 5.41) is 14.2. The molecule has 0 atom stereocenters. The van der Waals surface area contributed by atoms with Crippen LogP contribution in [0.5, 0.6) is 0 Å². The normalized spacial score (nSPS) is 13.2. The molecule has 2 N–H and O–H groups in total. The zero-order chi connectivity index (χ0) is 19.3. The van der Waals surface area contributed by atoms with E-state index in [1.807, 2.05) is 24.3 Å². The Kier molecular flexibility index (Phi) is 6.69. The average molecular weight is 436 g/mol. The maximum Gasteiger partial charge on any atom is 0.142 e. The maximum absolute atomic E-state index is 8.83. The number of thioether (sulfide) groups is 1. The van der Waals surface area contributed by atoms with Crippen LogP contribution in [-0.2, 0) is 23.3 Å². The van der Waals surface area contributed by atoms with Crippen molar-refractivity contribution in [3.8, 4) is 0 Å². The predicted molar refractivity (Wildman–Crippen MR) is 117 cm³/mol. The molecule has 5 nitrogen and oxygen atoms in total. The molecule has 2 aromatic heterocycles. The second kappa shape index (κ2) is 9.41. The molecular weight excluding hydrogens is 414 g/mol. The first-order valence-electron chi connectivity index (χ1n) is 9.36. The molecule has 1 aromatic carbocycles. The lowest BCUT2D eigenvalue weighted by Gasteiger charge is -2.10. The Morgan fingerprint density at radius 2 is 2.04 bits per heavy atom. The first-order chi connectivity index (χ1) is 13.7. The lowest BCUT2D eigenvalue weighted by Crippen LogP contribution is -2.13. The monoisotopic (exact) mass is 435 g/mol. The van der Waals surface area contributed by atoms with Gasteiger partial charge in [-0.2, -0.15) is 0 Å². The van der Waals surface area contributed by atoms with Gasteiger partial charge >= 0.3 is 0 Å². The third-order valence-corrected chi connectivity index (χ3v) is 7.01. The lowest BCUT2D eigenvalue weighted by atomic mass is 10.2. The van der Waals surface area contributed by atoms with Crippen molar-refractivity contribution < 1.29 is 9.84 Å². The summed E-state index contributed by atoms with van der Waals surface area (Å²) in [6.45, 7) is 1.59. The number of ether oxygens (including phenoxy) is 1. The third kappa shape index (κ3) is 4.60. The smallest absolute Gasteiger partial charge is 0.142 e. The molecule has 0 amide bonds. The average Bonchev–Trinajstić information content (AvgIpc) is 3.28. The molecule has 4 rings (SSSR count). The van der Waals surface area contributed by atoms with Gasteiger partial charge in [0.2, 0.25) is 0 Å². The summed E-state index contributed by atoms with van der Waals surface area (Å²) in [5.74, 6) is 2.44. The number of hydrogen-bond acceptors (Lipinski definition) is 7. The van der Waals surface area contributed by atoms with Gasteiger partial charge in [0.15, 0.2) is 0 Å². The van der Waals surface area contributed by atoms with Gasteiger partial charge < -0.3 is 15.2 Å². The highest BCUT2D eigenvalue weighted by Gasteiger charge is 2.22. The Morgan fingerprint density at radius 3 is 2.86 bits per heavy atom. The van der Waals surface area contributed by atoms with Crippen molar-refractivity contribution in [2.75, 3.05) is 31.7 Å². The summed E-state index contributed by atoms with van der Waals surface area (Å²) in [5.41, 5.74) is 1.41. The van der Waals surface area contributed by atoms with E-state index in [1.54, 1.807) is 23.1 Å². The highest BCUT2D eigenvalue weighted by atomic mass is 35.5. The molecule has 3 aromatic rings. The van der Waals surface area contributed by atoms with E-state index >= 15 is 0 Å². The number of anilines is 1. The van der Waals surface area contributed by atoms with Crippen LogP contribution in [0.4, 0.5) is 5.82 Å². The molecule has 0 saturated carbocycles. The molecule has 0 radical (unpaired) electrons. The van der Waals surface area contributed by atoms with Crippen LogP contribution < -0.4 is 5.32 Å². The van der Waals surface area contributed by atoms with Crippen LogP contribution in [0.1, 0.15) is 22.7 Å². The van der Waals surface area contributed by atoms with Crippen molar-refractivity contribution in [3.05, 3.63) is 45.6 Å². The summed E-state index contributed by atoms with van der Waals surface area (Å²) < 4.78 is 5.37. The second-order valence-electron chi connectivity index (χ2n) is 6.53. The molecule has 28 heavy (non-hydrogen) atoms.